The second-order valence-electron chi connectivity index (χ2n) is 4.57. The predicted molar refractivity (Wildman–Crippen MR) is 64.1 cm³/mol. The summed E-state index contributed by atoms with van der Waals surface area (Å²) in [5.41, 5.74) is 0. The van der Waals surface area contributed by atoms with Crippen LogP contribution in [0.4, 0.5) is 0 Å². The summed E-state index contributed by atoms with van der Waals surface area (Å²) in [6.07, 6.45) is 1.92. The third kappa shape index (κ3) is 2.88. The average Bonchev–Trinajstić information content (AvgIpc) is 2.71. The van der Waals surface area contributed by atoms with Gasteiger partial charge in [0.05, 0.1) is 0 Å². The maximum Gasteiger partial charge on any atom is 0.223 e. The number of hydrogen-bond donors (Lipinski definition) is 1. The molecule has 2 saturated heterocycles. The van der Waals surface area contributed by atoms with Crippen molar-refractivity contribution in [3.05, 3.63) is 0 Å². The van der Waals surface area contributed by atoms with E-state index in [9.17, 15) is 4.79 Å². The second-order valence-corrected chi connectivity index (χ2v) is 5.72. The molecule has 1 N–H and O–H groups in total. The van der Waals surface area contributed by atoms with E-state index in [0.717, 1.165) is 37.6 Å². The molecule has 0 bridgehead atoms. The maximum atomic E-state index is 12.1. The molecule has 2 heterocycles. The minimum Gasteiger partial charge on any atom is -0.338 e. The summed E-state index contributed by atoms with van der Waals surface area (Å²) in [6, 6.07) is 0.436. The zero-order chi connectivity index (χ0) is 10.7. The molecule has 3 nitrogen and oxygen atoms in total. The van der Waals surface area contributed by atoms with Crippen LogP contribution in [-0.4, -0.2) is 48.0 Å². The van der Waals surface area contributed by atoms with Crippen molar-refractivity contribution in [2.45, 2.75) is 25.8 Å². The molecule has 0 aliphatic carbocycles. The van der Waals surface area contributed by atoms with Gasteiger partial charge in [-0.05, 0) is 32.4 Å². The Hall–Kier alpha value is -0.220. The van der Waals surface area contributed by atoms with Crippen LogP contribution in [0.2, 0.25) is 0 Å². The van der Waals surface area contributed by atoms with Gasteiger partial charge in [0.2, 0.25) is 5.91 Å². The van der Waals surface area contributed by atoms with E-state index in [1.165, 1.54) is 6.42 Å². The Morgan fingerprint density at radius 3 is 3.13 bits per heavy atom. The number of rotatable bonds is 2. The highest BCUT2D eigenvalue weighted by Gasteiger charge is 2.26. The summed E-state index contributed by atoms with van der Waals surface area (Å²) in [6.45, 7) is 5.23. The highest BCUT2D eigenvalue weighted by molar-refractivity contribution is 7.99. The Kier molecular flexibility index (Phi) is 3.92. The molecule has 86 valence electrons. The standard InChI is InChI=1S/C11H20N2OS/c1-9-8-15-5-4-13(9)11(14)6-10-2-3-12-7-10/h9-10,12H,2-8H2,1H3. The van der Waals surface area contributed by atoms with Crippen LogP contribution >= 0.6 is 11.8 Å². The largest absolute Gasteiger partial charge is 0.338 e. The molecular weight excluding hydrogens is 208 g/mol. The first-order chi connectivity index (χ1) is 7.27. The van der Waals surface area contributed by atoms with Gasteiger partial charge in [-0.1, -0.05) is 0 Å². The van der Waals surface area contributed by atoms with Gasteiger partial charge in [0.15, 0.2) is 0 Å². The highest BCUT2D eigenvalue weighted by Crippen LogP contribution is 2.20. The smallest absolute Gasteiger partial charge is 0.223 e. The fourth-order valence-corrected chi connectivity index (χ4v) is 3.36. The topological polar surface area (TPSA) is 32.3 Å². The summed E-state index contributed by atoms with van der Waals surface area (Å²) in [7, 11) is 0. The zero-order valence-electron chi connectivity index (χ0n) is 9.37. The Morgan fingerprint density at radius 1 is 1.60 bits per heavy atom. The van der Waals surface area contributed by atoms with Crippen molar-refractivity contribution in [1.82, 2.24) is 10.2 Å². The molecule has 0 spiro atoms. The molecule has 15 heavy (non-hydrogen) atoms. The summed E-state index contributed by atoms with van der Waals surface area (Å²) < 4.78 is 0. The van der Waals surface area contributed by atoms with Crippen molar-refractivity contribution in [2.75, 3.05) is 31.1 Å². The van der Waals surface area contributed by atoms with Crippen molar-refractivity contribution in [1.29, 1.82) is 0 Å². The highest BCUT2D eigenvalue weighted by atomic mass is 32.2. The molecule has 0 aromatic rings. The van der Waals surface area contributed by atoms with Crippen molar-refractivity contribution >= 4 is 17.7 Å². The summed E-state index contributed by atoms with van der Waals surface area (Å²) in [5, 5.41) is 3.32. The van der Waals surface area contributed by atoms with Crippen LogP contribution in [0.3, 0.4) is 0 Å². The fourth-order valence-electron chi connectivity index (χ4n) is 2.35. The number of carbonyl (C=O) groups is 1. The molecule has 0 aromatic carbocycles. The molecule has 2 unspecified atom stereocenters. The van der Waals surface area contributed by atoms with E-state index in [1.807, 2.05) is 11.8 Å². The SMILES string of the molecule is CC1CSCCN1C(=O)CC1CCNC1. The number of thioether (sulfide) groups is 1. The first-order valence-corrected chi connectivity index (χ1v) is 7.01. The number of carbonyl (C=O) groups excluding carboxylic acids is 1. The van der Waals surface area contributed by atoms with Crippen molar-refractivity contribution in [3.63, 3.8) is 0 Å². The van der Waals surface area contributed by atoms with Gasteiger partial charge >= 0.3 is 0 Å². The lowest BCUT2D eigenvalue weighted by Crippen LogP contribution is -2.45. The van der Waals surface area contributed by atoms with E-state index in [-0.39, 0.29) is 0 Å². The van der Waals surface area contributed by atoms with Gasteiger partial charge in [-0.25, -0.2) is 0 Å². The average molecular weight is 228 g/mol. The lowest BCUT2D eigenvalue weighted by molar-refractivity contribution is -0.133. The molecule has 0 radical (unpaired) electrons. The normalized spacial score (nSPS) is 31.9. The first kappa shape index (κ1) is 11.3. The van der Waals surface area contributed by atoms with Crippen molar-refractivity contribution in [3.8, 4) is 0 Å². The number of hydrogen-bond acceptors (Lipinski definition) is 3. The van der Waals surface area contributed by atoms with Crippen LogP contribution in [0.1, 0.15) is 19.8 Å². The summed E-state index contributed by atoms with van der Waals surface area (Å²) in [4.78, 5) is 14.1. The molecule has 2 atom stereocenters. The molecule has 2 rings (SSSR count). The van der Waals surface area contributed by atoms with Crippen molar-refractivity contribution in [2.24, 2.45) is 5.92 Å². The molecule has 2 fully saturated rings. The van der Waals surface area contributed by atoms with Gasteiger partial charge in [0.25, 0.3) is 0 Å². The summed E-state index contributed by atoms with van der Waals surface area (Å²) in [5.74, 6) is 3.17. The molecule has 4 heteroatoms. The van der Waals surface area contributed by atoms with E-state index in [0.29, 0.717) is 17.9 Å². The van der Waals surface area contributed by atoms with E-state index in [4.69, 9.17) is 0 Å². The lowest BCUT2D eigenvalue weighted by atomic mass is 10.0. The molecule has 0 saturated carbocycles. The van der Waals surface area contributed by atoms with Gasteiger partial charge in [-0.3, -0.25) is 4.79 Å². The van der Waals surface area contributed by atoms with Gasteiger partial charge in [-0.2, -0.15) is 11.8 Å². The predicted octanol–water partition coefficient (Wildman–Crippen LogP) is 0.950. The maximum absolute atomic E-state index is 12.1. The van der Waals surface area contributed by atoms with E-state index >= 15 is 0 Å². The Labute approximate surface area is 96.0 Å². The number of nitrogens with one attached hydrogen (secondary N) is 1. The molecule has 1 amide bonds. The monoisotopic (exact) mass is 228 g/mol. The first-order valence-electron chi connectivity index (χ1n) is 5.85. The zero-order valence-corrected chi connectivity index (χ0v) is 10.2. The molecule has 0 aromatic heterocycles. The van der Waals surface area contributed by atoms with Crippen LogP contribution in [0.15, 0.2) is 0 Å². The van der Waals surface area contributed by atoms with Gasteiger partial charge < -0.3 is 10.2 Å². The minimum atomic E-state index is 0.372. The number of amides is 1. The van der Waals surface area contributed by atoms with E-state index in [1.54, 1.807) is 0 Å². The van der Waals surface area contributed by atoms with Gasteiger partial charge in [0.1, 0.15) is 0 Å². The fraction of sp³-hybridized carbons (Fsp3) is 0.909. The second kappa shape index (κ2) is 5.21. The Bertz CT molecular complexity index is 229. The van der Waals surface area contributed by atoms with E-state index < -0.39 is 0 Å². The van der Waals surface area contributed by atoms with Crippen LogP contribution in [0.25, 0.3) is 0 Å². The Balaban J connectivity index is 1.83. The van der Waals surface area contributed by atoms with Crippen LogP contribution in [0, 0.1) is 5.92 Å². The number of nitrogens with zero attached hydrogens (tertiary/aromatic N) is 1. The van der Waals surface area contributed by atoms with Crippen LogP contribution in [0.5, 0.6) is 0 Å². The third-order valence-corrected chi connectivity index (χ3v) is 4.50. The Morgan fingerprint density at radius 2 is 2.47 bits per heavy atom. The minimum absolute atomic E-state index is 0.372. The molecular formula is C11H20N2OS. The van der Waals surface area contributed by atoms with Crippen LogP contribution in [-0.2, 0) is 4.79 Å². The van der Waals surface area contributed by atoms with E-state index in [2.05, 4.69) is 17.1 Å². The third-order valence-electron chi connectivity index (χ3n) is 3.31. The van der Waals surface area contributed by atoms with Gasteiger partial charge in [0, 0.05) is 30.5 Å². The summed E-state index contributed by atoms with van der Waals surface area (Å²) >= 11 is 1.96. The quantitative estimate of drug-likeness (QED) is 0.764. The molecule has 2 aliphatic rings. The molecule has 2 aliphatic heterocycles. The lowest BCUT2D eigenvalue weighted by Gasteiger charge is -2.33. The van der Waals surface area contributed by atoms with Gasteiger partial charge in [-0.15, -0.1) is 0 Å². The van der Waals surface area contributed by atoms with Crippen LogP contribution < -0.4 is 5.32 Å². The van der Waals surface area contributed by atoms with Crippen molar-refractivity contribution < 1.29 is 4.79 Å².